The molecule has 0 aliphatic rings. The van der Waals surface area contributed by atoms with Crippen molar-refractivity contribution >= 4 is 28.3 Å². The molecule has 0 saturated carbocycles. The summed E-state index contributed by atoms with van der Waals surface area (Å²) >= 11 is 0. The molecular weight excluding hydrogens is 342 g/mol. The summed E-state index contributed by atoms with van der Waals surface area (Å²) in [6, 6.07) is 12.6. The van der Waals surface area contributed by atoms with Crippen LogP contribution in [0.15, 0.2) is 47.3 Å². The monoisotopic (exact) mass is 363 g/mol. The van der Waals surface area contributed by atoms with Gasteiger partial charge in [-0.3, -0.25) is 14.4 Å². The summed E-state index contributed by atoms with van der Waals surface area (Å²) in [5, 5.41) is 6.55. The zero-order valence-corrected chi connectivity index (χ0v) is 15.5. The Balaban J connectivity index is 1.69. The predicted molar refractivity (Wildman–Crippen MR) is 106 cm³/mol. The lowest BCUT2D eigenvalue weighted by molar-refractivity contribution is -0.115. The molecule has 0 aliphatic heterocycles. The van der Waals surface area contributed by atoms with Crippen LogP contribution in [0.25, 0.3) is 10.8 Å². The van der Waals surface area contributed by atoms with E-state index in [0.29, 0.717) is 10.8 Å². The second-order valence-electron chi connectivity index (χ2n) is 6.60. The number of carbonyl (C=O) groups is 2. The van der Waals surface area contributed by atoms with Crippen LogP contribution in [-0.2, 0) is 4.79 Å². The van der Waals surface area contributed by atoms with E-state index < -0.39 is 5.91 Å². The molecule has 0 unspecified atom stereocenters. The van der Waals surface area contributed by atoms with Crippen LogP contribution in [0.2, 0.25) is 0 Å². The van der Waals surface area contributed by atoms with E-state index in [4.69, 9.17) is 0 Å². The number of pyridine rings is 1. The molecule has 0 fully saturated rings. The third-order valence-corrected chi connectivity index (χ3v) is 4.35. The Morgan fingerprint density at radius 2 is 1.67 bits per heavy atom. The largest absolute Gasteiger partial charge is 0.342 e. The number of fused-ring (bicyclic) bond motifs is 1. The standard InChI is InChI=1S/C21H21N3O3/c1-12-8-13(2)19(14(3)9-12)24-18(25)11-22-21(27)17-10-15-6-4-5-7-16(15)20(26)23-17/h4-10H,11H2,1-3H3,(H,22,27)(H,23,26)(H,24,25). The maximum Gasteiger partial charge on any atom is 0.268 e. The Morgan fingerprint density at radius 1 is 1.00 bits per heavy atom. The van der Waals surface area contributed by atoms with Crippen LogP contribution < -0.4 is 16.2 Å². The van der Waals surface area contributed by atoms with E-state index in [9.17, 15) is 14.4 Å². The van der Waals surface area contributed by atoms with Crippen LogP contribution in [0.4, 0.5) is 5.69 Å². The van der Waals surface area contributed by atoms with Gasteiger partial charge in [-0.25, -0.2) is 0 Å². The second kappa shape index (κ2) is 7.45. The Bertz CT molecular complexity index is 1080. The lowest BCUT2D eigenvalue weighted by Gasteiger charge is -2.13. The van der Waals surface area contributed by atoms with Gasteiger partial charge >= 0.3 is 0 Å². The van der Waals surface area contributed by atoms with Gasteiger partial charge in [-0.2, -0.15) is 0 Å². The first kappa shape index (κ1) is 18.4. The zero-order valence-electron chi connectivity index (χ0n) is 15.5. The number of aromatic nitrogens is 1. The minimum absolute atomic E-state index is 0.120. The number of nitrogens with one attached hydrogen (secondary N) is 3. The van der Waals surface area contributed by atoms with Crippen LogP contribution in [-0.4, -0.2) is 23.3 Å². The highest BCUT2D eigenvalue weighted by atomic mass is 16.2. The second-order valence-corrected chi connectivity index (χ2v) is 6.60. The molecule has 0 radical (unpaired) electrons. The normalized spacial score (nSPS) is 10.6. The summed E-state index contributed by atoms with van der Waals surface area (Å²) in [4.78, 5) is 39.2. The predicted octanol–water partition coefficient (Wildman–Crippen LogP) is 2.82. The minimum atomic E-state index is -0.509. The van der Waals surface area contributed by atoms with Crippen LogP contribution >= 0.6 is 0 Å². The molecule has 0 aliphatic carbocycles. The molecule has 3 rings (SSSR count). The number of aryl methyl sites for hydroxylation is 3. The lowest BCUT2D eigenvalue weighted by atomic mass is 10.1. The Hall–Kier alpha value is -3.41. The van der Waals surface area contributed by atoms with E-state index in [1.54, 1.807) is 30.3 Å². The van der Waals surface area contributed by atoms with E-state index in [1.165, 1.54) is 0 Å². The average molecular weight is 363 g/mol. The Kier molecular flexibility index (Phi) is 5.07. The first-order valence-electron chi connectivity index (χ1n) is 8.63. The number of rotatable bonds is 4. The smallest absolute Gasteiger partial charge is 0.268 e. The molecule has 0 atom stereocenters. The van der Waals surface area contributed by atoms with E-state index in [-0.39, 0.29) is 23.7 Å². The fourth-order valence-corrected chi connectivity index (χ4v) is 3.15. The van der Waals surface area contributed by atoms with Gasteiger partial charge in [0.25, 0.3) is 11.5 Å². The fraction of sp³-hybridized carbons (Fsp3) is 0.190. The Labute approximate surface area is 156 Å². The first-order chi connectivity index (χ1) is 12.8. The molecule has 0 spiro atoms. The molecule has 6 nitrogen and oxygen atoms in total. The van der Waals surface area contributed by atoms with Gasteiger partial charge in [0.05, 0.1) is 6.54 Å². The van der Waals surface area contributed by atoms with E-state index in [0.717, 1.165) is 22.4 Å². The van der Waals surface area contributed by atoms with Crippen molar-refractivity contribution in [3.05, 3.63) is 75.2 Å². The molecule has 27 heavy (non-hydrogen) atoms. The number of carbonyl (C=O) groups excluding carboxylic acids is 2. The molecule has 2 amide bonds. The van der Waals surface area contributed by atoms with Gasteiger partial charge in [0.2, 0.25) is 5.91 Å². The topological polar surface area (TPSA) is 91.1 Å². The van der Waals surface area contributed by atoms with Crippen molar-refractivity contribution in [2.24, 2.45) is 0 Å². The third-order valence-electron chi connectivity index (χ3n) is 4.35. The fourth-order valence-electron chi connectivity index (χ4n) is 3.15. The molecule has 3 N–H and O–H groups in total. The van der Waals surface area contributed by atoms with Gasteiger partial charge in [0.15, 0.2) is 0 Å². The molecule has 0 bridgehead atoms. The molecule has 1 aromatic heterocycles. The van der Waals surface area contributed by atoms with Gasteiger partial charge in [0.1, 0.15) is 5.69 Å². The highest BCUT2D eigenvalue weighted by molar-refractivity contribution is 6.00. The van der Waals surface area contributed by atoms with Crippen molar-refractivity contribution in [1.29, 1.82) is 0 Å². The quantitative estimate of drug-likeness (QED) is 0.666. The number of hydrogen-bond donors (Lipinski definition) is 3. The molecule has 3 aromatic rings. The summed E-state index contributed by atoms with van der Waals surface area (Å²) in [5.74, 6) is -0.841. The van der Waals surface area contributed by atoms with Gasteiger partial charge in [-0.1, -0.05) is 35.9 Å². The Morgan fingerprint density at radius 3 is 2.37 bits per heavy atom. The van der Waals surface area contributed by atoms with Gasteiger partial charge < -0.3 is 15.6 Å². The van der Waals surface area contributed by atoms with Crippen LogP contribution in [0, 0.1) is 20.8 Å². The lowest BCUT2D eigenvalue weighted by Crippen LogP contribution is -2.34. The van der Waals surface area contributed by atoms with Gasteiger partial charge in [-0.05, 0) is 49.4 Å². The third kappa shape index (κ3) is 4.06. The minimum Gasteiger partial charge on any atom is -0.342 e. The van der Waals surface area contributed by atoms with Gasteiger partial charge in [0, 0.05) is 11.1 Å². The zero-order chi connectivity index (χ0) is 19.6. The molecule has 1 heterocycles. The highest BCUT2D eigenvalue weighted by Crippen LogP contribution is 2.21. The molecule has 6 heteroatoms. The molecular formula is C21H21N3O3. The van der Waals surface area contributed by atoms with Crippen LogP contribution in [0.5, 0.6) is 0 Å². The maximum atomic E-state index is 12.3. The van der Waals surface area contributed by atoms with Crippen molar-refractivity contribution < 1.29 is 9.59 Å². The summed E-state index contributed by atoms with van der Waals surface area (Å²) in [5.41, 5.74) is 3.58. The highest BCUT2D eigenvalue weighted by Gasteiger charge is 2.12. The summed E-state index contributed by atoms with van der Waals surface area (Å²) in [7, 11) is 0. The summed E-state index contributed by atoms with van der Waals surface area (Å²) in [6.07, 6.45) is 0. The van der Waals surface area contributed by atoms with Crippen molar-refractivity contribution in [2.45, 2.75) is 20.8 Å². The molecule has 138 valence electrons. The van der Waals surface area contributed by atoms with E-state index >= 15 is 0 Å². The summed E-state index contributed by atoms with van der Waals surface area (Å²) < 4.78 is 0. The van der Waals surface area contributed by atoms with E-state index in [2.05, 4.69) is 15.6 Å². The van der Waals surface area contributed by atoms with E-state index in [1.807, 2.05) is 32.9 Å². The van der Waals surface area contributed by atoms with Crippen molar-refractivity contribution in [1.82, 2.24) is 10.3 Å². The van der Waals surface area contributed by atoms with Crippen molar-refractivity contribution in [2.75, 3.05) is 11.9 Å². The number of hydrogen-bond acceptors (Lipinski definition) is 3. The van der Waals surface area contributed by atoms with Crippen molar-refractivity contribution in [3.8, 4) is 0 Å². The van der Waals surface area contributed by atoms with Crippen molar-refractivity contribution in [3.63, 3.8) is 0 Å². The van der Waals surface area contributed by atoms with Crippen LogP contribution in [0.3, 0.4) is 0 Å². The average Bonchev–Trinajstić information content (AvgIpc) is 2.62. The molecule has 2 aromatic carbocycles. The number of aromatic amines is 1. The number of amides is 2. The van der Waals surface area contributed by atoms with Crippen LogP contribution in [0.1, 0.15) is 27.2 Å². The number of H-pyrrole nitrogens is 1. The summed E-state index contributed by atoms with van der Waals surface area (Å²) in [6.45, 7) is 5.65. The number of benzene rings is 2. The maximum absolute atomic E-state index is 12.3. The van der Waals surface area contributed by atoms with Gasteiger partial charge in [-0.15, -0.1) is 0 Å². The SMILES string of the molecule is Cc1cc(C)c(NC(=O)CNC(=O)c2cc3ccccc3c(=O)[nH]2)c(C)c1. The first-order valence-corrected chi connectivity index (χ1v) is 8.63. The molecule has 0 saturated heterocycles. The number of anilines is 1.